The van der Waals surface area contributed by atoms with Crippen LogP contribution >= 0.6 is 0 Å². The van der Waals surface area contributed by atoms with Crippen molar-refractivity contribution in [3.63, 3.8) is 0 Å². The topological polar surface area (TPSA) is 294 Å². The number of aliphatic hydroxyl groups is 2. The first-order valence-corrected chi connectivity index (χ1v) is 30.5. The first-order chi connectivity index (χ1) is 40.4. The van der Waals surface area contributed by atoms with Gasteiger partial charge in [0.15, 0.2) is 0 Å². The van der Waals surface area contributed by atoms with Crippen LogP contribution in [0.4, 0.5) is 11.4 Å². The standard InChI is InChI=1S/C30H30N6O6S.C30H30N6O4S.CH4/c1-20-13-15-21(16-14-20)29-19-30(40)28(39)34(18-8-7-17-32-33-31)25(37)26(38)35(30)27(29)36(24-12-6-5-11-23(24)29)43(41,42)22-9-3-2-4-10-22;1-21-13-15-22(16-14-21)30-19-26-28(38)34(18-8-7-17-32-33-31)20-27(37)35(26)29(30)36(25-12-6-5-11-24(25)30)41(39,40)23-9-3-2-4-10-23;/h2-6,9-16,25,27,37,40H,7-8,17-19H2,1H3;2-6,9-16,26,29H,7-8,17-20H2,1H3;1H4/t25-,27+,29+,30-;26-,29-,30-;/m10./s1. The summed E-state index contributed by atoms with van der Waals surface area (Å²) in [6.07, 6.45) is -2.49. The second kappa shape index (κ2) is 23.0. The van der Waals surface area contributed by atoms with E-state index in [0.29, 0.717) is 61.3 Å². The Hall–Kier alpha value is -8.76. The molecule has 7 atom stereocenters. The van der Waals surface area contributed by atoms with Crippen molar-refractivity contribution in [3.05, 3.63) is 212 Å². The number of rotatable bonds is 16. The number of hydrogen-bond donors (Lipinski definition) is 2. The number of piperazine rings is 2. The molecule has 0 aromatic heterocycles. The lowest BCUT2D eigenvalue weighted by Crippen LogP contribution is -2.72. The highest BCUT2D eigenvalue weighted by Crippen LogP contribution is 2.63. The van der Waals surface area contributed by atoms with Crippen LogP contribution in [-0.2, 0) is 50.1 Å². The predicted octanol–water partition coefficient (Wildman–Crippen LogP) is 7.97. The van der Waals surface area contributed by atoms with Gasteiger partial charge >= 0.3 is 0 Å². The number of carbonyl (C=O) groups excluding carboxylic acids is 4. The molecule has 6 aromatic carbocycles. The van der Waals surface area contributed by atoms with E-state index in [2.05, 4.69) is 20.1 Å². The SMILES string of the molecule is C.Cc1ccc([C@]23C[C@@]4(O)C(=O)N(CCCCN=[N+]=[N-])[C@H](O)C(=O)N4[C@H]2N(S(=O)(=O)c2ccccc2)c2ccccc23)cc1.Cc1ccc([C@]23C[C@H]4C(=O)N(CCCCN=[N+]=[N-])CC(=O)N4[C@H]2N(S(=O)(=O)c2ccccc2)c2ccccc23)cc1. The number of carbonyl (C=O) groups is 4. The van der Waals surface area contributed by atoms with Crippen LogP contribution in [0.3, 0.4) is 0 Å². The Labute approximate surface area is 492 Å². The van der Waals surface area contributed by atoms with Gasteiger partial charge in [-0.2, -0.15) is 0 Å². The molecule has 24 heteroatoms. The molecule has 2 N–H and O–H groups in total. The molecule has 0 aliphatic carbocycles. The van der Waals surface area contributed by atoms with E-state index in [1.165, 1.54) is 21.3 Å². The zero-order chi connectivity index (χ0) is 59.3. The molecule has 440 valence electrons. The van der Waals surface area contributed by atoms with Crippen molar-refractivity contribution in [2.45, 2.75) is 111 Å². The third-order valence-electron chi connectivity index (χ3n) is 17.1. The molecule has 4 fully saturated rings. The fourth-order valence-corrected chi connectivity index (χ4v) is 16.8. The number of benzene rings is 6. The normalized spacial score (nSPS) is 24.4. The van der Waals surface area contributed by atoms with Gasteiger partial charge in [0.1, 0.15) is 18.4 Å². The molecular weight excluding hydrogens is 1120 g/mol. The van der Waals surface area contributed by atoms with Gasteiger partial charge in [-0.05, 0) is 116 Å². The first kappa shape index (κ1) is 59.4. The largest absolute Gasteiger partial charge is 0.365 e. The first-order valence-electron chi connectivity index (χ1n) is 27.6. The molecule has 0 saturated carbocycles. The van der Waals surface area contributed by atoms with E-state index in [-0.39, 0.29) is 61.5 Å². The lowest BCUT2D eigenvalue weighted by Gasteiger charge is -2.47. The number of unbranched alkanes of at least 4 members (excludes halogenated alkanes) is 2. The van der Waals surface area contributed by atoms with Crippen molar-refractivity contribution in [2.24, 2.45) is 10.2 Å². The van der Waals surface area contributed by atoms with Gasteiger partial charge in [0.25, 0.3) is 31.9 Å². The molecule has 22 nitrogen and oxygen atoms in total. The highest BCUT2D eigenvalue weighted by atomic mass is 32.2. The van der Waals surface area contributed by atoms with E-state index >= 15 is 0 Å². The minimum Gasteiger partial charge on any atom is -0.365 e. The Kier molecular flexibility index (Phi) is 16.1. The van der Waals surface area contributed by atoms with Crippen molar-refractivity contribution in [1.29, 1.82) is 0 Å². The van der Waals surface area contributed by atoms with Crippen LogP contribution in [0.2, 0.25) is 0 Å². The van der Waals surface area contributed by atoms with E-state index in [9.17, 15) is 46.2 Å². The Morgan fingerprint density at radius 2 is 1.05 bits per heavy atom. The van der Waals surface area contributed by atoms with Crippen LogP contribution in [-0.4, -0.2) is 133 Å². The van der Waals surface area contributed by atoms with Crippen LogP contribution in [0.15, 0.2) is 178 Å². The molecule has 4 amide bonds. The molecule has 6 heterocycles. The second-order valence-electron chi connectivity index (χ2n) is 21.9. The van der Waals surface area contributed by atoms with Crippen LogP contribution in [0.1, 0.15) is 79.3 Å². The second-order valence-corrected chi connectivity index (χ2v) is 25.5. The summed E-state index contributed by atoms with van der Waals surface area (Å²) in [6, 6.07) is 44.7. The van der Waals surface area contributed by atoms with E-state index in [4.69, 9.17) is 11.1 Å². The molecule has 6 aliphatic rings. The summed E-state index contributed by atoms with van der Waals surface area (Å²) in [5.41, 5.74) is 17.9. The lowest BCUT2D eigenvalue weighted by atomic mass is 9.71. The van der Waals surface area contributed by atoms with Crippen molar-refractivity contribution < 1.29 is 46.2 Å². The molecule has 85 heavy (non-hydrogen) atoms. The summed E-state index contributed by atoms with van der Waals surface area (Å²) in [7, 11) is -8.46. The summed E-state index contributed by atoms with van der Waals surface area (Å²) in [5.74, 6) is -2.37. The molecule has 6 aliphatic heterocycles. The van der Waals surface area contributed by atoms with Crippen molar-refractivity contribution >= 4 is 55.1 Å². The minimum absolute atomic E-state index is 0. The van der Waals surface area contributed by atoms with Gasteiger partial charge in [0, 0.05) is 42.4 Å². The van der Waals surface area contributed by atoms with Crippen molar-refractivity contribution in [1.82, 2.24) is 19.6 Å². The van der Waals surface area contributed by atoms with E-state index in [1.807, 2.05) is 74.5 Å². The number of aliphatic hydroxyl groups excluding tert-OH is 1. The smallest absolute Gasteiger partial charge is 0.278 e. The zero-order valence-electron chi connectivity index (χ0n) is 45.9. The Bertz CT molecular complexity index is 3910. The molecule has 6 aromatic rings. The number of sulfonamides is 2. The summed E-state index contributed by atoms with van der Waals surface area (Å²) in [4.78, 5) is 66.5. The monoisotopic (exact) mass is 1190 g/mol. The van der Waals surface area contributed by atoms with Crippen LogP contribution in [0, 0.1) is 13.8 Å². The highest BCUT2D eigenvalue weighted by Gasteiger charge is 2.75. The molecule has 0 spiro atoms. The summed E-state index contributed by atoms with van der Waals surface area (Å²) in [6.45, 7) is 4.53. The van der Waals surface area contributed by atoms with E-state index in [1.54, 1.807) is 89.8 Å². The maximum Gasteiger partial charge on any atom is 0.278 e. The van der Waals surface area contributed by atoms with Gasteiger partial charge in [-0.25, -0.2) is 25.4 Å². The molecule has 0 radical (unpaired) electrons. The predicted molar refractivity (Wildman–Crippen MR) is 316 cm³/mol. The van der Waals surface area contributed by atoms with Gasteiger partial charge in [-0.15, -0.1) is 0 Å². The number of amides is 4. The summed E-state index contributed by atoms with van der Waals surface area (Å²) in [5, 5.41) is 30.4. The summed E-state index contributed by atoms with van der Waals surface area (Å²) < 4.78 is 60.1. The van der Waals surface area contributed by atoms with Crippen LogP contribution < -0.4 is 8.61 Å². The van der Waals surface area contributed by atoms with E-state index < -0.39 is 73.0 Å². The fourth-order valence-electron chi connectivity index (χ4n) is 13.4. The number of fused-ring (bicyclic) bond motifs is 10. The van der Waals surface area contributed by atoms with Crippen LogP contribution in [0.5, 0.6) is 0 Å². The third kappa shape index (κ3) is 9.49. The zero-order valence-corrected chi connectivity index (χ0v) is 47.6. The fraction of sp³-hybridized carbons (Fsp3) is 0.344. The number of hydrogen-bond acceptors (Lipinski definition) is 12. The molecule has 0 unspecified atom stereocenters. The summed E-state index contributed by atoms with van der Waals surface area (Å²) >= 11 is 0. The van der Waals surface area contributed by atoms with Gasteiger partial charge in [0.05, 0.1) is 38.5 Å². The maximum atomic E-state index is 14.4. The molecule has 0 bridgehead atoms. The Morgan fingerprint density at radius 3 is 1.56 bits per heavy atom. The lowest BCUT2D eigenvalue weighted by molar-refractivity contribution is -0.210. The van der Waals surface area contributed by atoms with Crippen molar-refractivity contribution in [3.8, 4) is 0 Å². The highest BCUT2D eigenvalue weighted by molar-refractivity contribution is 7.93. The number of azide groups is 2. The Balaban J connectivity index is 0.000000187. The number of nitrogens with zero attached hydrogens (tertiary/aromatic N) is 12. The Morgan fingerprint density at radius 1 is 0.588 bits per heavy atom. The number of anilines is 2. The average molecular weight is 1190 g/mol. The maximum absolute atomic E-state index is 14.4. The van der Waals surface area contributed by atoms with Gasteiger partial charge < -0.3 is 24.9 Å². The van der Waals surface area contributed by atoms with E-state index in [0.717, 1.165) is 36.4 Å². The molecule has 4 saturated heterocycles. The molecular formula is C61H64N12O10S2. The van der Waals surface area contributed by atoms with Crippen LogP contribution in [0.25, 0.3) is 20.9 Å². The minimum atomic E-state index is -4.35. The van der Waals surface area contributed by atoms with Crippen molar-refractivity contribution in [2.75, 3.05) is 41.3 Å². The number of aryl methyl sites for hydroxylation is 2. The quantitative estimate of drug-likeness (QED) is 0.0407. The van der Waals surface area contributed by atoms with Gasteiger partial charge in [-0.3, -0.25) is 24.1 Å². The average Bonchev–Trinajstić information content (AvgIpc) is 1.54. The third-order valence-corrected chi connectivity index (χ3v) is 20.7. The number of para-hydroxylation sites is 2. The molecule has 12 rings (SSSR count). The van der Waals surface area contributed by atoms with Gasteiger partial charge in [-0.1, -0.05) is 150 Å². The van der Waals surface area contributed by atoms with Gasteiger partial charge in [0.2, 0.25) is 23.8 Å².